The lowest BCUT2D eigenvalue weighted by molar-refractivity contribution is 0.324. The molecule has 1 atom stereocenters. The minimum absolute atomic E-state index is 0.778. The summed E-state index contributed by atoms with van der Waals surface area (Å²) in [6, 6.07) is 0. The van der Waals surface area contributed by atoms with Gasteiger partial charge in [0.15, 0.2) is 0 Å². The van der Waals surface area contributed by atoms with Crippen LogP contribution in [0.3, 0.4) is 0 Å². The van der Waals surface area contributed by atoms with E-state index >= 15 is 0 Å². The van der Waals surface area contributed by atoms with E-state index in [1.807, 2.05) is 0 Å². The molecule has 6 heavy (non-hydrogen) atoms. The minimum atomic E-state index is -0.778. The zero-order valence-electron chi connectivity index (χ0n) is 3.81. The number of aliphatic hydroxyl groups is 1. The summed E-state index contributed by atoms with van der Waals surface area (Å²) in [5.74, 6) is 0. The third kappa shape index (κ3) is 3.92. The van der Waals surface area contributed by atoms with Crippen LogP contribution in [0.2, 0.25) is 0 Å². The standard InChI is InChI=1S/C4H9NO/c1-4(2,5)3-6/h3,6H,1,5H2,2H3. The van der Waals surface area contributed by atoms with E-state index in [0.717, 1.165) is 6.61 Å². The highest BCUT2D eigenvalue weighted by molar-refractivity contribution is 4.87. The van der Waals surface area contributed by atoms with Gasteiger partial charge in [0.25, 0.3) is 0 Å². The molecule has 2 radical (unpaired) electrons. The second-order valence-corrected chi connectivity index (χ2v) is 1.63. The molecular weight excluding hydrogens is 78.0 g/mol. The van der Waals surface area contributed by atoms with Crippen molar-refractivity contribution in [2.75, 3.05) is 0 Å². The van der Waals surface area contributed by atoms with Crippen LogP contribution in [0.5, 0.6) is 0 Å². The molecule has 0 heterocycles. The van der Waals surface area contributed by atoms with Gasteiger partial charge < -0.3 is 10.8 Å². The predicted molar refractivity (Wildman–Crippen MR) is 24.2 cm³/mol. The fourth-order valence-electron chi connectivity index (χ4n) is 0. The molecule has 3 N–H and O–H groups in total. The summed E-state index contributed by atoms with van der Waals surface area (Å²) in [7, 11) is 0. The van der Waals surface area contributed by atoms with Crippen LogP contribution < -0.4 is 5.73 Å². The van der Waals surface area contributed by atoms with Crippen LogP contribution in [0.15, 0.2) is 0 Å². The maximum absolute atomic E-state index is 8.09. The Kier molecular flexibility index (Phi) is 1.56. The lowest BCUT2D eigenvalue weighted by atomic mass is 10.1. The summed E-state index contributed by atoms with van der Waals surface area (Å²) >= 11 is 0. The normalized spacial score (nSPS) is 12.0. The average molecular weight is 87.1 g/mol. The van der Waals surface area contributed by atoms with Gasteiger partial charge in [-0.25, -0.2) is 0 Å². The molecule has 0 fully saturated rings. The maximum Gasteiger partial charge on any atom is 0.0993 e. The molecule has 0 rings (SSSR count). The molecule has 0 aromatic carbocycles. The monoisotopic (exact) mass is 87.1 g/mol. The molecule has 2 nitrogen and oxygen atoms in total. The molecule has 0 aliphatic rings. The molecule has 0 amide bonds. The fraction of sp³-hybridized carbons (Fsp3) is 0.500. The van der Waals surface area contributed by atoms with Crippen molar-refractivity contribution in [3.8, 4) is 0 Å². The quantitative estimate of drug-likeness (QED) is 0.475. The van der Waals surface area contributed by atoms with Gasteiger partial charge in [0.1, 0.15) is 0 Å². The third-order valence-electron chi connectivity index (χ3n) is 0.295. The van der Waals surface area contributed by atoms with E-state index in [0.29, 0.717) is 0 Å². The first-order valence-electron chi connectivity index (χ1n) is 1.69. The second-order valence-electron chi connectivity index (χ2n) is 1.63. The van der Waals surface area contributed by atoms with Gasteiger partial charge in [-0.2, -0.15) is 0 Å². The Bertz CT molecular complexity index is 37.3. The molecular formula is C4H9NO. The largest absolute Gasteiger partial charge is 0.388 e. The molecule has 0 aromatic rings. The number of aliphatic hydroxyl groups excluding tert-OH is 1. The predicted octanol–water partition coefficient (Wildman–Crippen LogP) is 0.0722. The molecule has 0 aromatic heterocycles. The highest BCUT2D eigenvalue weighted by Gasteiger charge is 2.06. The highest BCUT2D eigenvalue weighted by Crippen LogP contribution is 1.94. The van der Waals surface area contributed by atoms with E-state index < -0.39 is 5.54 Å². The van der Waals surface area contributed by atoms with Crippen LogP contribution in [0.1, 0.15) is 6.92 Å². The Hall–Kier alpha value is -0.0800. The first-order valence-corrected chi connectivity index (χ1v) is 1.69. The molecule has 0 spiro atoms. The number of rotatable bonds is 1. The maximum atomic E-state index is 8.09. The van der Waals surface area contributed by atoms with Crippen molar-refractivity contribution in [3.05, 3.63) is 13.5 Å². The van der Waals surface area contributed by atoms with E-state index in [1.165, 1.54) is 0 Å². The Morgan fingerprint density at radius 2 is 2.17 bits per heavy atom. The molecule has 1 unspecified atom stereocenters. The van der Waals surface area contributed by atoms with Crippen LogP contribution in [0.4, 0.5) is 0 Å². The molecule has 0 aliphatic heterocycles. The van der Waals surface area contributed by atoms with Crippen LogP contribution in [-0.4, -0.2) is 10.6 Å². The zero-order chi connectivity index (χ0) is 5.21. The van der Waals surface area contributed by atoms with Gasteiger partial charge in [0.05, 0.1) is 6.61 Å². The zero-order valence-corrected chi connectivity index (χ0v) is 3.81. The lowest BCUT2D eigenvalue weighted by Crippen LogP contribution is -2.32. The summed E-state index contributed by atoms with van der Waals surface area (Å²) in [6.07, 6.45) is 0. The van der Waals surface area contributed by atoms with Crippen molar-refractivity contribution < 1.29 is 5.11 Å². The van der Waals surface area contributed by atoms with Crippen molar-refractivity contribution >= 4 is 0 Å². The topological polar surface area (TPSA) is 46.2 Å². The highest BCUT2D eigenvalue weighted by atomic mass is 16.3. The average Bonchev–Trinajstić information content (AvgIpc) is 1.35. The SMILES string of the molecule is [CH2]C(C)(N)[CH]O. The van der Waals surface area contributed by atoms with Crippen molar-refractivity contribution in [1.82, 2.24) is 0 Å². The van der Waals surface area contributed by atoms with E-state index in [1.54, 1.807) is 6.92 Å². The van der Waals surface area contributed by atoms with Crippen LogP contribution in [0.25, 0.3) is 0 Å². The Balaban J connectivity index is 3.17. The fourth-order valence-corrected chi connectivity index (χ4v) is 0. The van der Waals surface area contributed by atoms with Crippen LogP contribution >= 0.6 is 0 Å². The molecule has 2 heteroatoms. The van der Waals surface area contributed by atoms with Crippen LogP contribution in [-0.2, 0) is 0 Å². The van der Waals surface area contributed by atoms with Gasteiger partial charge in [-0.15, -0.1) is 0 Å². The summed E-state index contributed by atoms with van der Waals surface area (Å²) in [4.78, 5) is 0. The van der Waals surface area contributed by atoms with Crippen molar-refractivity contribution in [2.45, 2.75) is 12.5 Å². The number of nitrogens with two attached hydrogens (primary N) is 1. The van der Waals surface area contributed by atoms with E-state index in [4.69, 9.17) is 10.8 Å². The lowest BCUT2D eigenvalue weighted by Gasteiger charge is -2.10. The van der Waals surface area contributed by atoms with Gasteiger partial charge in [-0.1, -0.05) is 0 Å². The van der Waals surface area contributed by atoms with E-state index in [9.17, 15) is 0 Å². The van der Waals surface area contributed by atoms with Gasteiger partial charge >= 0.3 is 0 Å². The summed E-state index contributed by atoms with van der Waals surface area (Å²) in [5.41, 5.74) is 4.34. The van der Waals surface area contributed by atoms with E-state index in [-0.39, 0.29) is 0 Å². The second kappa shape index (κ2) is 1.58. The number of hydrogen-bond donors (Lipinski definition) is 2. The van der Waals surface area contributed by atoms with Crippen LogP contribution in [0, 0.1) is 13.5 Å². The Morgan fingerprint density at radius 1 is 2.00 bits per heavy atom. The smallest absolute Gasteiger partial charge is 0.0993 e. The summed E-state index contributed by atoms with van der Waals surface area (Å²) in [5, 5.41) is 8.09. The van der Waals surface area contributed by atoms with Gasteiger partial charge in [0, 0.05) is 5.54 Å². The van der Waals surface area contributed by atoms with E-state index in [2.05, 4.69) is 6.92 Å². The molecule has 0 aliphatic carbocycles. The third-order valence-corrected chi connectivity index (χ3v) is 0.295. The van der Waals surface area contributed by atoms with Gasteiger partial charge in [0.2, 0.25) is 0 Å². The number of hydrogen-bond acceptors (Lipinski definition) is 2. The first kappa shape index (κ1) is 5.92. The summed E-state index contributed by atoms with van der Waals surface area (Å²) < 4.78 is 0. The molecule has 36 valence electrons. The minimum Gasteiger partial charge on any atom is -0.388 e. The van der Waals surface area contributed by atoms with Gasteiger partial charge in [-0.05, 0) is 13.8 Å². The first-order chi connectivity index (χ1) is 2.56. The molecule has 0 bridgehead atoms. The molecule has 0 saturated carbocycles. The van der Waals surface area contributed by atoms with Crippen molar-refractivity contribution in [1.29, 1.82) is 0 Å². The van der Waals surface area contributed by atoms with Gasteiger partial charge in [-0.3, -0.25) is 0 Å². The van der Waals surface area contributed by atoms with Crippen molar-refractivity contribution in [3.63, 3.8) is 0 Å². The Labute approximate surface area is 38.0 Å². The molecule has 0 saturated heterocycles. The van der Waals surface area contributed by atoms with Crippen molar-refractivity contribution in [2.24, 2.45) is 5.73 Å². The Morgan fingerprint density at radius 3 is 2.17 bits per heavy atom. The summed E-state index contributed by atoms with van der Waals surface area (Å²) in [6.45, 7) is 5.82.